The second kappa shape index (κ2) is 6.46. The van der Waals surface area contributed by atoms with Crippen LogP contribution in [0.15, 0.2) is 18.2 Å². The van der Waals surface area contributed by atoms with E-state index in [0.717, 1.165) is 30.8 Å². The van der Waals surface area contributed by atoms with Crippen LogP contribution in [-0.2, 0) is 11.2 Å². The summed E-state index contributed by atoms with van der Waals surface area (Å²) in [7, 11) is 3.30. The van der Waals surface area contributed by atoms with Crippen molar-refractivity contribution in [3.8, 4) is 11.5 Å². The zero-order valence-corrected chi connectivity index (χ0v) is 12.3. The predicted octanol–water partition coefficient (Wildman–Crippen LogP) is 2.56. The van der Waals surface area contributed by atoms with E-state index in [1.807, 2.05) is 6.07 Å². The fourth-order valence-electron chi connectivity index (χ4n) is 2.56. The van der Waals surface area contributed by atoms with Crippen LogP contribution in [0.4, 0.5) is 0 Å². The average Bonchev–Trinajstić information content (AvgIpc) is 2.45. The Morgan fingerprint density at radius 1 is 1.25 bits per heavy atom. The van der Waals surface area contributed by atoms with Crippen LogP contribution in [0.1, 0.15) is 30.9 Å². The van der Waals surface area contributed by atoms with Gasteiger partial charge in [-0.2, -0.15) is 0 Å². The summed E-state index contributed by atoms with van der Waals surface area (Å²) in [6.45, 7) is 2.10. The molecule has 108 valence electrons. The Bertz CT molecular complexity index is 535. The van der Waals surface area contributed by atoms with Gasteiger partial charge in [-0.3, -0.25) is 4.79 Å². The van der Waals surface area contributed by atoms with E-state index in [4.69, 9.17) is 9.47 Å². The van der Waals surface area contributed by atoms with Crippen molar-refractivity contribution in [2.24, 2.45) is 0 Å². The number of hydrogen-bond donors (Lipinski definition) is 1. The fraction of sp³-hybridized carbons (Fsp3) is 0.438. The average molecular weight is 275 g/mol. The largest absolute Gasteiger partial charge is 0.493 e. The molecule has 4 heteroatoms. The maximum atomic E-state index is 10.9. The summed E-state index contributed by atoms with van der Waals surface area (Å²) in [5.41, 5.74) is 3.75. The lowest BCUT2D eigenvalue weighted by atomic mass is 9.86. The van der Waals surface area contributed by atoms with Crippen LogP contribution in [-0.4, -0.2) is 26.7 Å². The van der Waals surface area contributed by atoms with E-state index in [1.54, 1.807) is 14.2 Å². The molecule has 1 N–H and O–H groups in total. The molecule has 0 bridgehead atoms. The molecule has 1 aromatic carbocycles. The molecule has 0 aromatic heterocycles. The Balaban J connectivity index is 2.32. The highest BCUT2D eigenvalue weighted by Crippen LogP contribution is 2.38. The SMILES string of the molecule is COc1cc2c(cc1OC)/C(=C\CNC(C)=O)CCC2. The van der Waals surface area contributed by atoms with Crippen LogP contribution in [0.2, 0.25) is 0 Å². The third-order valence-corrected chi connectivity index (χ3v) is 3.55. The number of fused-ring (bicyclic) bond motifs is 1. The molecule has 0 saturated heterocycles. The summed E-state index contributed by atoms with van der Waals surface area (Å²) in [5, 5.41) is 2.80. The van der Waals surface area contributed by atoms with E-state index in [2.05, 4.69) is 17.5 Å². The number of benzene rings is 1. The number of nitrogens with one attached hydrogen (secondary N) is 1. The Labute approximate surface area is 119 Å². The standard InChI is InChI=1S/C16H21NO3/c1-11(18)17-8-7-12-5-4-6-13-9-15(19-2)16(20-3)10-14(12)13/h7,9-10H,4-6,8H2,1-3H3,(H,17,18)/b12-7-. The topological polar surface area (TPSA) is 47.6 Å². The Morgan fingerprint density at radius 2 is 1.95 bits per heavy atom. The summed E-state index contributed by atoms with van der Waals surface area (Å²) >= 11 is 0. The molecule has 0 unspecified atom stereocenters. The van der Waals surface area contributed by atoms with Crippen molar-refractivity contribution in [2.75, 3.05) is 20.8 Å². The first kappa shape index (κ1) is 14.4. The van der Waals surface area contributed by atoms with Gasteiger partial charge >= 0.3 is 0 Å². The number of ether oxygens (including phenoxy) is 2. The van der Waals surface area contributed by atoms with Gasteiger partial charge < -0.3 is 14.8 Å². The van der Waals surface area contributed by atoms with Crippen molar-refractivity contribution >= 4 is 11.5 Å². The van der Waals surface area contributed by atoms with Crippen molar-refractivity contribution in [3.63, 3.8) is 0 Å². The molecule has 1 aromatic rings. The van der Waals surface area contributed by atoms with E-state index >= 15 is 0 Å². The van der Waals surface area contributed by atoms with Crippen LogP contribution in [0.25, 0.3) is 5.57 Å². The van der Waals surface area contributed by atoms with Gasteiger partial charge in [0.1, 0.15) is 0 Å². The summed E-state index contributed by atoms with van der Waals surface area (Å²) in [5.74, 6) is 1.51. The second-order valence-electron chi connectivity index (χ2n) is 4.88. The molecule has 0 spiro atoms. The Hall–Kier alpha value is -1.97. The van der Waals surface area contributed by atoms with Crippen molar-refractivity contribution in [1.29, 1.82) is 0 Å². The van der Waals surface area contributed by atoms with Gasteiger partial charge in [0.15, 0.2) is 11.5 Å². The maximum absolute atomic E-state index is 10.9. The molecule has 4 nitrogen and oxygen atoms in total. The van der Waals surface area contributed by atoms with Crippen LogP contribution in [0.3, 0.4) is 0 Å². The zero-order valence-electron chi connectivity index (χ0n) is 12.3. The van der Waals surface area contributed by atoms with Gasteiger partial charge in [-0.1, -0.05) is 6.08 Å². The normalized spacial score (nSPS) is 15.7. The van der Waals surface area contributed by atoms with Crippen molar-refractivity contribution in [1.82, 2.24) is 5.32 Å². The first-order valence-corrected chi connectivity index (χ1v) is 6.84. The van der Waals surface area contributed by atoms with Gasteiger partial charge in [0.05, 0.1) is 14.2 Å². The zero-order chi connectivity index (χ0) is 14.5. The number of hydrogen-bond acceptors (Lipinski definition) is 3. The number of carbonyl (C=O) groups excluding carboxylic acids is 1. The summed E-state index contributed by atoms with van der Waals surface area (Å²) in [6, 6.07) is 4.09. The maximum Gasteiger partial charge on any atom is 0.217 e. The Kier molecular flexibility index (Phi) is 4.66. The number of methoxy groups -OCH3 is 2. The van der Waals surface area contributed by atoms with E-state index in [-0.39, 0.29) is 5.91 Å². The molecule has 0 radical (unpaired) electrons. The second-order valence-corrected chi connectivity index (χ2v) is 4.88. The Morgan fingerprint density at radius 3 is 2.60 bits per heavy atom. The van der Waals surface area contributed by atoms with Gasteiger partial charge in [-0.15, -0.1) is 0 Å². The highest BCUT2D eigenvalue weighted by molar-refractivity contribution is 5.75. The first-order chi connectivity index (χ1) is 9.65. The van der Waals surface area contributed by atoms with Crippen LogP contribution in [0.5, 0.6) is 11.5 Å². The first-order valence-electron chi connectivity index (χ1n) is 6.84. The minimum atomic E-state index is -0.00908. The monoisotopic (exact) mass is 275 g/mol. The van der Waals surface area contributed by atoms with Gasteiger partial charge in [0, 0.05) is 13.5 Å². The minimum absolute atomic E-state index is 0.00908. The molecular weight excluding hydrogens is 254 g/mol. The summed E-state index contributed by atoms with van der Waals surface area (Å²) < 4.78 is 10.7. The van der Waals surface area contributed by atoms with Crippen molar-refractivity contribution in [3.05, 3.63) is 29.3 Å². The van der Waals surface area contributed by atoms with Gasteiger partial charge in [-0.05, 0) is 48.1 Å². The lowest BCUT2D eigenvalue weighted by Crippen LogP contribution is -2.19. The van der Waals surface area contributed by atoms with Crippen LogP contribution >= 0.6 is 0 Å². The number of aryl methyl sites for hydroxylation is 1. The van der Waals surface area contributed by atoms with Crippen molar-refractivity contribution in [2.45, 2.75) is 26.2 Å². The van der Waals surface area contributed by atoms with Crippen LogP contribution in [0, 0.1) is 0 Å². The molecular formula is C16H21NO3. The highest BCUT2D eigenvalue weighted by Gasteiger charge is 2.17. The van der Waals surface area contributed by atoms with Crippen LogP contribution < -0.4 is 14.8 Å². The molecule has 20 heavy (non-hydrogen) atoms. The third-order valence-electron chi connectivity index (χ3n) is 3.55. The number of carbonyl (C=O) groups is 1. The molecule has 1 aliphatic carbocycles. The molecule has 0 aliphatic heterocycles. The van der Waals surface area contributed by atoms with Gasteiger partial charge in [0.25, 0.3) is 0 Å². The molecule has 1 amide bonds. The summed E-state index contributed by atoms with van der Waals surface area (Å²) in [4.78, 5) is 10.9. The predicted molar refractivity (Wildman–Crippen MR) is 79.1 cm³/mol. The summed E-state index contributed by atoms with van der Waals surface area (Å²) in [6.07, 6.45) is 5.29. The molecule has 0 fully saturated rings. The molecule has 0 atom stereocenters. The minimum Gasteiger partial charge on any atom is -0.493 e. The van der Waals surface area contributed by atoms with E-state index in [9.17, 15) is 4.79 Å². The molecule has 0 saturated carbocycles. The number of amides is 1. The van der Waals surface area contributed by atoms with Gasteiger partial charge in [-0.25, -0.2) is 0 Å². The highest BCUT2D eigenvalue weighted by atomic mass is 16.5. The lowest BCUT2D eigenvalue weighted by Gasteiger charge is -2.21. The third kappa shape index (κ3) is 3.13. The van der Waals surface area contributed by atoms with E-state index in [0.29, 0.717) is 6.54 Å². The quantitative estimate of drug-likeness (QED) is 0.918. The molecule has 2 rings (SSSR count). The molecule has 1 aliphatic rings. The van der Waals surface area contributed by atoms with E-state index in [1.165, 1.54) is 23.6 Å². The number of rotatable bonds is 4. The van der Waals surface area contributed by atoms with E-state index < -0.39 is 0 Å². The number of allylic oxidation sites excluding steroid dienone is 1. The van der Waals surface area contributed by atoms with Gasteiger partial charge in [0.2, 0.25) is 5.91 Å². The molecule has 0 heterocycles. The van der Waals surface area contributed by atoms with Crippen molar-refractivity contribution < 1.29 is 14.3 Å². The smallest absolute Gasteiger partial charge is 0.217 e. The lowest BCUT2D eigenvalue weighted by molar-refractivity contribution is -0.118. The fourth-order valence-corrected chi connectivity index (χ4v) is 2.56.